The zero-order chi connectivity index (χ0) is 25.4. The van der Waals surface area contributed by atoms with Crippen molar-refractivity contribution >= 4 is 76.9 Å². The Hall–Kier alpha value is -1.61. The van der Waals surface area contributed by atoms with Gasteiger partial charge in [-0.3, -0.25) is 0 Å². The Morgan fingerprint density at radius 1 is 1.09 bits per heavy atom. The van der Waals surface area contributed by atoms with E-state index in [2.05, 4.69) is 0 Å². The number of fused-ring (bicyclic) bond motifs is 2. The fraction of sp³-hybridized carbons (Fsp3) is 0.381. The number of nitrogens with zero attached hydrogens (tertiary/aromatic N) is 2. The minimum atomic E-state index is -4.32. The third kappa shape index (κ3) is 6.79. The summed E-state index contributed by atoms with van der Waals surface area (Å²) < 4.78 is 75.0. The summed E-state index contributed by atoms with van der Waals surface area (Å²) >= 11 is 9.17. The molecule has 1 aliphatic heterocycles. The normalized spacial score (nSPS) is 15.4. The number of furan rings is 1. The number of halogens is 1. The van der Waals surface area contributed by atoms with Crippen LogP contribution in [0.2, 0.25) is 5.02 Å². The van der Waals surface area contributed by atoms with Gasteiger partial charge in [0, 0.05) is 41.6 Å². The van der Waals surface area contributed by atoms with E-state index in [1.54, 1.807) is 6.07 Å². The second-order valence-electron chi connectivity index (χ2n) is 8.05. The molecule has 0 radical (unpaired) electrons. The van der Waals surface area contributed by atoms with E-state index in [9.17, 15) is 25.9 Å². The predicted molar refractivity (Wildman–Crippen MR) is 135 cm³/mol. The number of aromatic nitrogens is 1. The average Bonchev–Trinajstić information content (AvgIpc) is 3.35. The highest BCUT2D eigenvalue weighted by Crippen LogP contribution is 2.48. The van der Waals surface area contributed by atoms with Crippen molar-refractivity contribution in [3.05, 3.63) is 45.1 Å². The van der Waals surface area contributed by atoms with Gasteiger partial charge in [0.1, 0.15) is 10.5 Å². The summed E-state index contributed by atoms with van der Waals surface area (Å²) in [4.78, 5) is 1.94. The lowest BCUT2D eigenvalue weighted by molar-refractivity contribution is -0.669. The first-order chi connectivity index (χ1) is 16.4. The monoisotopic (exact) mass is 577 g/mol. The van der Waals surface area contributed by atoms with Crippen LogP contribution in [-0.4, -0.2) is 44.0 Å². The maximum absolute atomic E-state index is 11.1. The number of aryl methyl sites for hydroxylation is 2. The number of benzene rings is 1. The SMILES string of the molecule is Cc1cc2c(o1)SC(=Cc1sc3ccc(Cl)cc3[n+]1CCCCS(=O)(=O)[O-])N2CCCS(=O)(=O)[O-]. The highest BCUT2D eigenvalue weighted by Gasteiger charge is 2.31. The molecule has 1 aromatic carbocycles. The molecule has 0 saturated carbocycles. The van der Waals surface area contributed by atoms with Crippen LogP contribution in [0.4, 0.5) is 5.69 Å². The molecule has 3 aromatic rings. The van der Waals surface area contributed by atoms with Crippen LogP contribution in [0.3, 0.4) is 0 Å². The second kappa shape index (κ2) is 10.4. The van der Waals surface area contributed by atoms with E-state index >= 15 is 0 Å². The van der Waals surface area contributed by atoms with Gasteiger partial charge in [0.2, 0.25) is 5.52 Å². The third-order valence-electron chi connectivity index (χ3n) is 5.30. The molecule has 1 aliphatic rings. The van der Waals surface area contributed by atoms with Crippen LogP contribution in [0.15, 0.2) is 38.8 Å². The highest BCUT2D eigenvalue weighted by molar-refractivity contribution is 8.03. The Kier molecular flexibility index (Phi) is 7.86. The molecule has 2 aromatic heterocycles. The van der Waals surface area contributed by atoms with E-state index in [4.69, 9.17) is 16.0 Å². The molecule has 0 bridgehead atoms. The van der Waals surface area contributed by atoms with Crippen molar-refractivity contribution in [1.82, 2.24) is 0 Å². The first kappa shape index (κ1) is 26.5. The zero-order valence-electron chi connectivity index (χ0n) is 18.6. The van der Waals surface area contributed by atoms with Crippen molar-refractivity contribution in [2.24, 2.45) is 0 Å². The van der Waals surface area contributed by atoms with E-state index in [0.717, 1.165) is 31.7 Å². The van der Waals surface area contributed by atoms with Crippen LogP contribution in [0.25, 0.3) is 16.3 Å². The highest BCUT2D eigenvalue weighted by atomic mass is 35.5. The topological polar surface area (TPSA) is 135 Å². The van der Waals surface area contributed by atoms with Crippen LogP contribution in [0, 0.1) is 6.92 Å². The Morgan fingerprint density at radius 3 is 2.51 bits per heavy atom. The van der Waals surface area contributed by atoms with E-state index in [-0.39, 0.29) is 12.8 Å². The molecule has 9 nitrogen and oxygen atoms in total. The van der Waals surface area contributed by atoms with Gasteiger partial charge in [-0.25, -0.2) is 16.8 Å². The molecule has 35 heavy (non-hydrogen) atoms. The lowest BCUT2D eigenvalue weighted by atomic mass is 10.3. The minimum absolute atomic E-state index is 0.166. The number of hydrogen-bond donors (Lipinski definition) is 0. The van der Waals surface area contributed by atoms with Crippen LogP contribution < -0.4 is 9.47 Å². The second-order valence-corrected chi connectivity index (χ2v) is 13.6. The summed E-state index contributed by atoms with van der Waals surface area (Å²) in [5, 5.41) is 2.94. The maximum atomic E-state index is 11.1. The Balaban J connectivity index is 1.66. The van der Waals surface area contributed by atoms with Gasteiger partial charge in [0.25, 0.3) is 5.01 Å². The van der Waals surface area contributed by atoms with Gasteiger partial charge < -0.3 is 18.4 Å². The number of thiazole rings is 1. The lowest BCUT2D eigenvalue weighted by Crippen LogP contribution is -2.35. The minimum Gasteiger partial charge on any atom is -0.748 e. The number of unbranched alkanes of at least 4 members (excludes halogenated alkanes) is 1. The number of thioether (sulfide) groups is 1. The van der Waals surface area contributed by atoms with Gasteiger partial charge in [-0.1, -0.05) is 22.9 Å². The van der Waals surface area contributed by atoms with Gasteiger partial charge in [0.15, 0.2) is 11.6 Å². The molecular formula is C21H22ClN2O7S4-. The van der Waals surface area contributed by atoms with Crippen LogP contribution in [-0.2, 0) is 26.8 Å². The fourth-order valence-electron chi connectivity index (χ4n) is 3.81. The molecule has 0 saturated heterocycles. The van der Waals surface area contributed by atoms with Crippen molar-refractivity contribution in [3.63, 3.8) is 0 Å². The summed E-state index contributed by atoms with van der Waals surface area (Å²) in [5.74, 6) is -0.154. The molecular weight excluding hydrogens is 556 g/mol. The molecule has 0 N–H and O–H groups in total. The van der Waals surface area contributed by atoms with E-state index in [0.29, 0.717) is 29.6 Å². The fourth-order valence-corrected chi connectivity index (χ4v) is 7.31. The molecule has 0 fully saturated rings. The maximum Gasteiger partial charge on any atom is 0.265 e. The summed E-state index contributed by atoms with van der Waals surface area (Å²) in [6.07, 6.45) is 2.85. The van der Waals surface area contributed by atoms with Gasteiger partial charge in [0.05, 0.1) is 37.0 Å². The van der Waals surface area contributed by atoms with Gasteiger partial charge >= 0.3 is 0 Å². The summed E-state index contributed by atoms with van der Waals surface area (Å²) in [7, 11) is -8.59. The summed E-state index contributed by atoms with van der Waals surface area (Å²) in [6.45, 7) is 2.63. The van der Waals surface area contributed by atoms with Crippen molar-refractivity contribution in [1.29, 1.82) is 0 Å². The molecule has 0 unspecified atom stereocenters. The lowest BCUT2D eigenvalue weighted by Gasteiger charge is -2.19. The molecule has 4 rings (SSSR count). The van der Waals surface area contributed by atoms with Crippen molar-refractivity contribution in [2.45, 2.75) is 37.8 Å². The predicted octanol–water partition coefficient (Wildman–Crippen LogP) is 3.92. The van der Waals surface area contributed by atoms with Crippen LogP contribution >= 0.6 is 34.7 Å². The van der Waals surface area contributed by atoms with Crippen molar-refractivity contribution < 1.29 is 34.9 Å². The van der Waals surface area contributed by atoms with Crippen molar-refractivity contribution in [3.8, 4) is 0 Å². The Labute approximate surface area is 216 Å². The van der Waals surface area contributed by atoms with Crippen LogP contribution in [0.1, 0.15) is 30.0 Å². The summed E-state index contributed by atoms with van der Waals surface area (Å²) in [5.41, 5.74) is 1.71. The molecule has 0 amide bonds. The van der Waals surface area contributed by atoms with Crippen molar-refractivity contribution in [2.75, 3.05) is 23.0 Å². The van der Waals surface area contributed by atoms with Gasteiger partial charge in [-0.15, -0.1) is 0 Å². The van der Waals surface area contributed by atoms with E-state index in [1.807, 2.05) is 40.7 Å². The van der Waals surface area contributed by atoms with Gasteiger partial charge in [-0.05, 0) is 43.7 Å². The summed E-state index contributed by atoms with van der Waals surface area (Å²) in [6, 6.07) is 7.42. The molecule has 190 valence electrons. The van der Waals surface area contributed by atoms with Crippen LogP contribution in [0.5, 0.6) is 0 Å². The molecule has 3 heterocycles. The quantitative estimate of drug-likeness (QED) is 0.199. The third-order valence-corrected chi connectivity index (χ3v) is 9.25. The molecule has 0 spiro atoms. The molecule has 0 aliphatic carbocycles. The first-order valence-corrected chi connectivity index (χ1v) is 15.8. The standard InChI is InChI=1S/C21H23ClN2O7S4/c1-14-11-17-21(31-14)33-20(24(17)8-4-10-35(28,29)30)13-19-23(7-2-3-9-34(25,26)27)16-12-15(22)5-6-18(16)32-19/h5-6,11-13H,2-4,7-10H2,1H3,(H-,25,26,27,28,29,30)/p-1. The smallest absolute Gasteiger partial charge is 0.265 e. The molecule has 14 heteroatoms. The largest absolute Gasteiger partial charge is 0.748 e. The first-order valence-electron chi connectivity index (χ1n) is 10.7. The zero-order valence-corrected chi connectivity index (χ0v) is 22.6. The van der Waals surface area contributed by atoms with E-state index < -0.39 is 31.7 Å². The number of hydrogen-bond acceptors (Lipinski definition) is 10. The Morgan fingerprint density at radius 2 is 1.80 bits per heavy atom. The molecule has 0 atom stereocenters. The Bertz CT molecular complexity index is 1490. The average molecular weight is 578 g/mol. The van der Waals surface area contributed by atoms with Gasteiger partial charge in [-0.2, -0.15) is 4.57 Å². The number of rotatable bonds is 10. The van der Waals surface area contributed by atoms with E-state index in [1.165, 1.54) is 23.1 Å². The number of anilines is 1.